The third-order valence-electron chi connectivity index (χ3n) is 4.17. The van der Waals surface area contributed by atoms with Crippen molar-refractivity contribution in [3.63, 3.8) is 0 Å². The van der Waals surface area contributed by atoms with E-state index in [4.69, 9.17) is 9.26 Å². The maximum atomic E-state index is 12.4. The Balaban J connectivity index is 1.58. The summed E-state index contributed by atoms with van der Waals surface area (Å²) in [6.45, 7) is 4.45. The number of urea groups is 1. The molecular weight excluding hydrogens is 326 g/mol. The lowest BCUT2D eigenvalue weighted by atomic mass is 9.98. The van der Waals surface area contributed by atoms with E-state index in [0.29, 0.717) is 50.2 Å². The van der Waals surface area contributed by atoms with Crippen LogP contribution in [0.4, 0.5) is 10.6 Å². The number of anilines is 1. The molecule has 1 atom stereocenters. The number of methoxy groups -OCH3 is 1. The van der Waals surface area contributed by atoms with E-state index in [0.717, 1.165) is 12.8 Å². The molecule has 0 spiro atoms. The Morgan fingerprint density at radius 1 is 1.52 bits per heavy atom. The molecule has 10 nitrogen and oxygen atoms in total. The monoisotopic (exact) mass is 349 g/mol. The van der Waals surface area contributed by atoms with Crippen LogP contribution in [0.15, 0.2) is 10.7 Å². The highest BCUT2D eigenvalue weighted by Crippen LogP contribution is 2.26. The van der Waals surface area contributed by atoms with Crippen LogP contribution < -0.4 is 5.32 Å². The molecule has 3 heterocycles. The number of amides is 2. The van der Waals surface area contributed by atoms with Gasteiger partial charge in [0, 0.05) is 33.2 Å². The van der Waals surface area contributed by atoms with E-state index in [-0.39, 0.29) is 11.9 Å². The fraction of sp³-hybridized carbons (Fsp3) is 0.667. The molecule has 3 rings (SSSR count). The summed E-state index contributed by atoms with van der Waals surface area (Å²) in [5, 5.41) is 14.6. The number of aromatic nitrogens is 5. The van der Waals surface area contributed by atoms with Crippen LogP contribution in [-0.4, -0.2) is 62.9 Å². The molecule has 0 aliphatic carbocycles. The SMILES string of the molecule is CCn1cc(NC(=O)N2CCC[C@@H](c3nc(CCOC)no3)C2)nn1. The molecule has 10 heteroatoms. The summed E-state index contributed by atoms with van der Waals surface area (Å²) >= 11 is 0. The fourth-order valence-corrected chi connectivity index (χ4v) is 2.79. The average molecular weight is 349 g/mol. The van der Waals surface area contributed by atoms with Crippen molar-refractivity contribution in [3.8, 4) is 0 Å². The standard InChI is InChI=1S/C15H23N7O3/c1-3-22-10-13(18-20-22)17-15(23)21-7-4-5-11(9-21)14-16-12(19-25-14)6-8-24-2/h10-11H,3-9H2,1-2H3,(H,17,23)/t11-/m1/s1. The molecule has 0 bridgehead atoms. The Kier molecular flexibility index (Phi) is 5.59. The van der Waals surface area contributed by atoms with E-state index in [2.05, 4.69) is 25.8 Å². The largest absolute Gasteiger partial charge is 0.384 e. The lowest BCUT2D eigenvalue weighted by Crippen LogP contribution is -2.41. The molecule has 0 aromatic carbocycles. The summed E-state index contributed by atoms with van der Waals surface area (Å²) in [5.74, 6) is 1.72. The zero-order valence-corrected chi connectivity index (χ0v) is 14.5. The van der Waals surface area contributed by atoms with Crippen LogP contribution >= 0.6 is 0 Å². The average Bonchev–Trinajstić information content (AvgIpc) is 3.29. The second-order valence-corrected chi connectivity index (χ2v) is 5.97. The zero-order valence-electron chi connectivity index (χ0n) is 14.5. The fourth-order valence-electron chi connectivity index (χ4n) is 2.79. The number of carbonyl (C=O) groups excluding carboxylic acids is 1. The maximum Gasteiger partial charge on any atom is 0.323 e. The van der Waals surface area contributed by atoms with E-state index >= 15 is 0 Å². The Labute approximate surface area is 145 Å². The van der Waals surface area contributed by atoms with Gasteiger partial charge >= 0.3 is 6.03 Å². The van der Waals surface area contributed by atoms with E-state index in [9.17, 15) is 4.79 Å². The molecule has 1 aliphatic rings. The van der Waals surface area contributed by atoms with Gasteiger partial charge in [-0.25, -0.2) is 4.79 Å². The van der Waals surface area contributed by atoms with Gasteiger partial charge in [0.1, 0.15) is 0 Å². The third-order valence-corrected chi connectivity index (χ3v) is 4.17. The summed E-state index contributed by atoms with van der Waals surface area (Å²) in [6.07, 6.45) is 4.13. The smallest absolute Gasteiger partial charge is 0.323 e. The molecule has 1 aliphatic heterocycles. The molecule has 0 unspecified atom stereocenters. The van der Waals surface area contributed by atoms with Gasteiger partial charge in [0.15, 0.2) is 11.6 Å². The van der Waals surface area contributed by atoms with Crippen molar-refractivity contribution < 1.29 is 14.1 Å². The minimum atomic E-state index is -0.188. The normalized spacial score (nSPS) is 17.7. The molecule has 1 saturated heterocycles. The minimum absolute atomic E-state index is 0.0506. The zero-order chi connectivity index (χ0) is 17.6. The molecule has 1 N–H and O–H groups in total. The number of aryl methyl sites for hydroxylation is 1. The Morgan fingerprint density at radius 2 is 2.40 bits per heavy atom. The highest BCUT2D eigenvalue weighted by molar-refractivity contribution is 5.88. The molecule has 25 heavy (non-hydrogen) atoms. The molecule has 136 valence electrons. The van der Waals surface area contributed by atoms with Gasteiger partial charge in [-0.15, -0.1) is 5.10 Å². The van der Waals surface area contributed by atoms with Crippen LogP contribution in [0.3, 0.4) is 0 Å². The number of ether oxygens (including phenoxy) is 1. The number of carbonyl (C=O) groups is 1. The van der Waals surface area contributed by atoms with Crippen LogP contribution in [0.25, 0.3) is 0 Å². The number of rotatable bonds is 6. The number of nitrogens with one attached hydrogen (secondary N) is 1. The highest BCUT2D eigenvalue weighted by atomic mass is 16.5. The van der Waals surface area contributed by atoms with E-state index in [1.807, 2.05) is 6.92 Å². The van der Waals surface area contributed by atoms with Crippen molar-refractivity contribution >= 4 is 11.8 Å². The van der Waals surface area contributed by atoms with Gasteiger partial charge in [-0.05, 0) is 19.8 Å². The number of likely N-dealkylation sites (tertiary alicyclic amines) is 1. The predicted octanol–water partition coefficient (Wildman–Crippen LogP) is 1.28. The van der Waals surface area contributed by atoms with Crippen molar-refractivity contribution in [2.24, 2.45) is 0 Å². The number of nitrogens with zero attached hydrogens (tertiary/aromatic N) is 6. The summed E-state index contributed by atoms with van der Waals surface area (Å²) in [6, 6.07) is -0.188. The van der Waals surface area contributed by atoms with Gasteiger partial charge in [0.25, 0.3) is 0 Å². The molecule has 2 amide bonds. The van der Waals surface area contributed by atoms with Crippen LogP contribution in [0.1, 0.15) is 37.4 Å². The van der Waals surface area contributed by atoms with Crippen molar-refractivity contribution in [2.75, 3.05) is 32.1 Å². The van der Waals surface area contributed by atoms with Gasteiger partial charge in [0.05, 0.1) is 18.7 Å². The maximum absolute atomic E-state index is 12.4. The molecule has 0 saturated carbocycles. The third kappa shape index (κ3) is 4.32. The number of hydrogen-bond donors (Lipinski definition) is 1. The Morgan fingerprint density at radius 3 is 3.16 bits per heavy atom. The van der Waals surface area contributed by atoms with E-state index < -0.39 is 0 Å². The van der Waals surface area contributed by atoms with Crippen LogP contribution in [0, 0.1) is 0 Å². The van der Waals surface area contributed by atoms with Crippen LogP contribution in [0.2, 0.25) is 0 Å². The Bertz CT molecular complexity index is 699. The first kappa shape index (κ1) is 17.3. The van der Waals surface area contributed by atoms with Gasteiger partial charge < -0.3 is 14.2 Å². The molecule has 0 radical (unpaired) electrons. The first-order chi connectivity index (χ1) is 12.2. The second-order valence-electron chi connectivity index (χ2n) is 5.97. The van der Waals surface area contributed by atoms with Crippen molar-refractivity contribution in [1.29, 1.82) is 0 Å². The summed E-state index contributed by atoms with van der Waals surface area (Å²) in [7, 11) is 1.64. The van der Waals surface area contributed by atoms with Crippen LogP contribution in [-0.2, 0) is 17.7 Å². The second kappa shape index (κ2) is 8.06. The quantitative estimate of drug-likeness (QED) is 0.836. The summed E-state index contributed by atoms with van der Waals surface area (Å²) in [4.78, 5) is 18.6. The topological polar surface area (TPSA) is 111 Å². The number of piperidine rings is 1. The number of hydrogen-bond acceptors (Lipinski definition) is 7. The van der Waals surface area contributed by atoms with Gasteiger partial charge in [-0.3, -0.25) is 10.00 Å². The predicted molar refractivity (Wildman–Crippen MR) is 88.1 cm³/mol. The molecular formula is C15H23N7O3. The first-order valence-electron chi connectivity index (χ1n) is 8.47. The minimum Gasteiger partial charge on any atom is -0.384 e. The van der Waals surface area contributed by atoms with Crippen molar-refractivity contribution in [2.45, 2.75) is 38.6 Å². The van der Waals surface area contributed by atoms with Crippen molar-refractivity contribution in [1.82, 2.24) is 30.0 Å². The lowest BCUT2D eigenvalue weighted by molar-refractivity contribution is 0.183. The summed E-state index contributed by atoms with van der Waals surface area (Å²) in [5.41, 5.74) is 0. The molecule has 2 aromatic heterocycles. The Hall–Kier alpha value is -2.49. The van der Waals surface area contributed by atoms with Gasteiger partial charge in [-0.1, -0.05) is 10.4 Å². The van der Waals surface area contributed by atoms with Gasteiger partial charge in [-0.2, -0.15) is 4.98 Å². The molecule has 1 fully saturated rings. The van der Waals surface area contributed by atoms with Crippen LogP contribution in [0.5, 0.6) is 0 Å². The summed E-state index contributed by atoms with van der Waals surface area (Å²) < 4.78 is 12.0. The first-order valence-corrected chi connectivity index (χ1v) is 8.47. The van der Waals surface area contributed by atoms with E-state index in [1.165, 1.54) is 0 Å². The van der Waals surface area contributed by atoms with E-state index in [1.54, 1.807) is 22.9 Å². The van der Waals surface area contributed by atoms with Crippen molar-refractivity contribution in [3.05, 3.63) is 17.9 Å². The lowest BCUT2D eigenvalue weighted by Gasteiger charge is -2.30. The highest BCUT2D eigenvalue weighted by Gasteiger charge is 2.28. The molecule has 2 aromatic rings. The van der Waals surface area contributed by atoms with Gasteiger partial charge in [0.2, 0.25) is 5.89 Å².